The van der Waals surface area contributed by atoms with Crippen molar-refractivity contribution in [2.45, 2.75) is 35.1 Å². The number of anilines is 2. The molecule has 10 heteroatoms. The van der Waals surface area contributed by atoms with E-state index in [0.717, 1.165) is 30.0 Å². The van der Waals surface area contributed by atoms with E-state index in [1.165, 1.54) is 4.57 Å². The summed E-state index contributed by atoms with van der Waals surface area (Å²) in [5, 5.41) is 1.38. The number of nitrogen functional groups attached to an aromatic ring is 1. The van der Waals surface area contributed by atoms with Gasteiger partial charge < -0.3 is 21.4 Å². The van der Waals surface area contributed by atoms with Crippen LogP contribution >= 0.6 is 23.4 Å². The molecule has 1 saturated heterocycles. The molecule has 2 aromatic heterocycles. The number of pyridine rings is 1. The summed E-state index contributed by atoms with van der Waals surface area (Å²) in [6, 6.07) is 5.33. The van der Waals surface area contributed by atoms with Gasteiger partial charge in [-0.25, -0.2) is 0 Å². The lowest BCUT2D eigenvalue weighted by Gasteiger charge is -2.37. The number of H-pyrrole nitrogens is 1. The van der Waals surface area contributed by atoms with Crippen LogP contribution in [0.15, 0.2) is 43.8 Å². The molecule has 30 heavy (non-hydrogen) atoms. The molecule has 4 rings (SSSR count). The molecule has 3 aromatic rings. The molecule has 0 amide bonds. The van der Waals surface area contributed by atoms with E-state index in [2.05, 4.69) is 9.97 Å². The van der Waals surface area contributed by atoms with Gasteiger partial charge in [-0.05, 0) is 37.3 Å². The Kier molecular flexibility index (Phi) is 5.29. The number of nitrogens with one attached hydrogen (secondary N) is 1. The van der Waals surface area contributed by atoms with Crippen LogP contribution in [0.1, 0.15) is 19.8 Å². The maximum absolute atomic E-state index is 13.1. The van der Waals surface area contributed by atoms with Gasteiger partial charge in [0.15, 0.2) is 0 Å². The van der Waals surface area contributed by atoms with Crippen LogP contribution in [0.3, 0.4) is 0 Å². The van der Waals surface area contributed by atoms with Crippen molar-refractivity contribution < 1.29 is 0 Å². The second-order valence-electron chi connectivity index (χ2n) is 7.88. The minimum Gasteiger partial charge on any atom is -0.382 e. The number of halogens is 1. The van der Waals surface area contributed by atoms with Crippen LogP contribution in [0, 0.1) is 0 Å². The molecule has 8 nitrogen and oxygen atoms in total. The van der Waals surface area contributed by atoms with E-state index in [-0.39, 0.29) is 32.4 Å². The van der Waals surface area contributed by atoms with Crippen molar-refractivity contribution in [2.75, 3.05) is 23.7 Å². The second kappa shape index (κ2) is 7.64. The van der Waals surface area contributed by atoms with Crippen LogP contribution in [0.2, 0.25) is 5.02 Å². The topological polar surface area (TPSA) is 123 Å². The Hall–Kier alpha value is -2.49. The SMILES string of the molecule is Cn1c(N2CCC(C)(N)CC2)nc(N)c(Sc2ccc3cc[nH]c(=O)c3c2Cl)c1=O. The fraction of sp³-hybridized carbons (Fsp3) is 0.350. The van der Waals surface area contributed by atoms with Crippen LogP contribution in [-0.2, 0) is 7.05 Å². The van der Waals surface area contributed by atoms with Gasteiger partial charge >= 0.3 is 0 Å². The zero-order valence-electron chi connectivity index (χ0n) is 16.7. The highest BCUT2D eigenvalue weighted by atomic mass is 35.5. The number of nitrogens with two attached hydrogens (primary N) is 2. The number of hydrogen-bond acceptors (Lipinski definition) is 7. The molecule has 1 aromatic carbocycles. The molecular formula is C20H23ClN6O2S. The van der Waals surface area contributed by atoms with E-state index >= 15 is 0 Å². The van der Waals surface area contributed by atoms with Crippen LogP contribution in [0.4, 0.5) is 11.8 Å². The number of aromatic nitrogens is 3. The number of aromatic amines is 1. The van der Waals surface area contributed by atoms with Crippen LogP contribution < -0.4 is 27.5 Å². The first-order valence-corrected chi connectivity index (χ1v) is 10.8. The lowest BCUT2D eigenvalue weighted by Crippen LogP contribution is -2.49. The van der Waals surface area contributed by atoms with Crippen molar-refractivity contribution in [3.8, 4) is 0 Å². The maximum Gasteiger partial charge on any atom is 0.270 e. The van der Waals surface area contributed by atoms with E-state index in [0.29, 0.717) is 29.3 Å². The Bertz CT molecular complexity index is 1240. The summed E-state index contributed by atoms with van der Waals surface area (Å²) >= 11 is 7.61. The summed E-state index contributed by atoms with van der Waals surface area (Å²) in [6.07, 6.45) is 3.18. The smallest absolute Gasteiger partial charge is 0.270 e. The Balaban J connectivity index is 1.71. The van der Waals surface area contributed by atoms with Crippen LogP contribution in [0.25, 0.3) is 10.8 Å². The standard InChI is InChI=1S/C20H23ClN6O2S/c1-20(23)6-9-27(10-7-20)19-25-16(22)15(18(29)26(19)2)30-12-4-3-11-5-8-24-17(28)13(11)14(12)21/h3-5,8H,6-7,9-10,22-23H2,1-2H3,(H,24,28). The number of benzene rings is 1. The largest absolute Gasteiger partial charge is 0.382 e. The molecule has 0 unspecified atom stereocenters. The molecule has 0 aliphatic carbocycles. The van der Waals surface area contributed by atoms with Gasteiger partial charge in [0.2, 0.25) is 5.95 Å². The fourth-order valence-corrected chi connectivity index (χ4v) is 4.89. The average molecular weight is 447 g/mol. The minimum atomic E-state index is -0.286. The van der Waals surface area contributed by atoms with E-state index in [1.807, 2.05) is 11.8 Å². The molecular weight excluding hydrogens is 424 g/mol. The van der Waals surface area contributed by atoms with Gasteiger partial charge in [-0.3, -0.25) is 14.2 Å². The summed E-state index contributed by atoms with van der Waals surface area (Å²) in [6.45, 7) is 3.44. The van der Waals surface area contributed by atoms with Crippen LogP contribution in [-0.4, -0.2) is 33.2 Å². The lowest BCUT2D eigenvalue weighted by atomic mass is 9.91. The first kappa shape index (κ1) is 20.8. The van der Waals surface area contributed by atoms with Gasteiger partial charge in [0.1, 0.15) is 10.7 Å². The first-order valence-electron chi connectivity index (χ1n) is 9.56. The molecule has 0 saturated carbocycles. The van der Waals surface area contributed by atoms with E-state index < -0.39 is 0 Å². The normalized spacial score (nSPS) is 16.2. The highest BCUT2D eigenvalue weighted by molar-refractivity contribution is 7.99. The third-order valence-electron chi connectivity index (χ3n) is 5.50. The Morgan fingerprint density at radius 3 is 2.63 bits per heavy atom. The monoisotopic (exact) mass is 446 g/mol. The van der Waals surface area contributed by atoms with Crippen LogP contribution in [0.5, 0.6) is 0 Å². The van der Waals surface area contributed by atoms with E-state index in [1.54, 1.807) is 31.4 Å². The first-order chi connectivity index (χ1) is 14.2. The Labute approximate surface area is 182 Å². The molecule has 3 heterocycles. The van der Waals surface area contributed by atoms with Gasteiger partial charge in [0.25, 0.3) is 11.1 Å². The highest BCUT2D eigenvalue weighted by Gasteiger charge is 2.28. The number of hydrogen-bond donors (Lipinski definition) is 3. The van der Waals surface area contributed by atoms with Gasteiger partial charge in [-0.2, -0.15) is 4.98 Å². The summed E-state index contributed by atoms with van der Waals surface area (Å²) in [7, 11) is 1.68. The van der Waals surface area contributed by atoms with Gasteiger partial charge in [0, 0.05) is 36.8 Å². The Morgan fingerprint density at radius 1 is 1.23 bits per heavy atom. The van der Waals surface area contributed by atoms with Crippen molar-refractivity contribution in [2.24, 2.45) is 12.8 Å². The van der Waals surface area contributed by atoms with Gasteiger partial charge in [-0.1, -0.05) is 29.4 Å². The minimum absolute atomic E-state index is 0.136. The fourth-order valence-electron chi connectivity index (χ4n) is 3.59. The summed E-state index contributed by atoms with van der Waals surface area (Å²) < 4.78 is 1.50. The Morgan fingerprint density at radius 2 is 1.93 bits per heavy atom. The number of rotatable bonds is 3. The molecule has 5 N–H and O–H groups in total. The highest BCUT2D eigenvalue weighted by Crippen LogP contribution is 2.37. The molecule has 0 atom stereocenters. The van der Waals surface area contributed by atoms with Crippen molar-refractivity contribution in [3.05, 3.63) is 50.1 Å². The molecule has 1 aliphatic rings. The summed E-state index contributed by atoms with van der Waals surface area (Å²) in [4.78, 5) is 35.3. The predicted molar refractivity (Wildman–Crippen MR) is 122 cm³/mol. The third-order valence-corrected chi connectivity index (χ3v) is 7.15. The van der Waals surface area contributed by atoms with E-state index in [9.17, 15) is 9.59 Å². The quantitative estimate of drug-likeness (QED) is 0.564. The van der Waals surface area contributed by atoms with Crippen molar-refractivity contribution in [1.82, 2.24) is 14.5 Å². The maximum atomic E-state index is 13.1. The second-order valence-corrected chi connectivity index (χ2v) is 9.31. The zero-order valence-corrected chi connectivity index (χ0v) is 18.3. The predicted octanol–water partition coefficient (Wildman–Crippen LogP) is 2.33. The molecule has 1 aliphatic heterocycles. The number of fused-ring (bicyclic) bond motifs is 1. The van der Waals surface area contributed by atoms with Crippen molar-refractivity contribution in [3.63, 3.8) is 0 Å². The van der Waals surface area contributed by atoms with Crippen molar-refractivity contribution >= 4 is 45.9 Å². The summed E-state index contributed by atoms with van der Waals surface area (Å²) in [5.41, 5.74) is 11.6. The molecule has 0 bridgehead atoms. The van der Waals surface area contributed by atoms with E-state index in [4.69, 9.17) is 23.1 Å². The number of piperidine rings is 1. The lowest BCUT2D eigenvalue weighted by molar-refractivity contribution is 0.360. The summed E-state index contributed by atoms with van der Waals surface area (Å²) in [5.74, 6) is 0.663. The molecule has 1 fully saturated rings. The molecule has 158 valence electrons. The van der Waals surface area contributed by atoms with Crippen molar-refractivity contribution in [1.29, 1.82) is 0 Å². The zero-order chi connectivity index (χ0) is 21.6. The molecule has 0 spiro atoms. The third kappa shape index (κ3) is 3.68. The molecule has 0 radical (unpaired) electrons. The van der Waals surface area contributed by atoms with Gasteiger partial charge in [-0.15, -0.1) is 0 Å². The van der Waals surface area contributed by atoms with Gasteiger partial charge in [0.05, 0.1) is 10.4 Å². The number of nitrogens with zero attached hydrogens (tertiary/aromatic N) is 3. The average Bonchev–Trinajstić information content (AvgIpc) is 2.70.